The summed E-state index contributed by atoms with van der Waals surface area (Å²) in [4.78, 5) is 6.92. The second kappa shape index (κ2) is 4.12. The Morgan fingerprint density at radius 1 is 1.17 bits per heavy atom. The summed E-state index contributed by atoms with van der Waals surface area (Å²) in [5.41, 5.74) is 0. The van der Waals surface area contributed by atoms with Crippen molar-refractivity contribution < 1.29 is 4.74 Å². The molecular weight excluding hydrogens is 226 g/mol. The van der Waals surface area contributed by atoms with Crippen LogP contribution in [-0.4, -0.2) is 49.7 Å². The summed E-state index contributed by atoms with van der Waals surface area (Å²) in [6.07, 6.45) is 6.46. The zero-order chi connectivity index (χ0) is 12.1. The second-order valence-electron chi connectivity index (χ2n) is 6.39. The fourth-order valence-corrected chi connectivity index (χ4v) is 4.02. The van der Waals surface area contributed by atoms with E-state index in [0.717, 1.165) is 43.3 Å². The number of guanidine groups is 1. The molecule has 18 heavy (non-hydrogen) atoms. The van der Waals surface area contributed by atoms with Gasteiger partial charge in [-0.15, -0.1) is 0 Å². The van der Waals surface area contributed by atoms with Gasteiger partial charge in [0, 0.05) is 38.5 Å². The van der Waals surface area contributed by atoms with E-state index in [4.69, 9.17) is 4.74 Å². The molecule has 100 valence electrons. The molecule has 0 radical (unpaired) electrons. The van der Waals surface area contributed by atoms with Crippen molar-refractivity contribution >= 4 is 5.96 Å². The lowest BCUT2D eigenvalue weighted by Gasteiger charge is -2.23. The number of rotatable bonds is 2. The minimum Gasteiger partial charge on any atom is -0.374 e. The van der Waals surface area contributed by atoms with Gasteiger partial charge in [-0.05, 0) is 31.6 Å². The molecule has 3 aliphatic heterocycles. The Balaban J connectivity index is 1.40. The third kappa shape index (κ3) is 1.73. The lowest BCUT2D eigenvalue weighted by molar-refractivity contribution is 0.0767. The quantitative estimate of drug-likeness (QED) is 0.588. The van der Waals surface area contributed by atoms with Crippen molar-refractivity contribution in [2.24, 2.45) is 22.7 Å². The van der Waals surface area contributed by atoms with Gasteiger partial charge in [-0.2, -0.15) is 0 Å². The predicted molar refractivity (Wildman–Crippen MR) is 70.5 cm³/mol. The number of aliphatic imine (C=N–C) groups is 1. The van der Waals surface area contributed by atoms with Gasteiger partial charge in [0.15, 0.2) is 5.96 Å². The molecule has 4 rings (SSSR count). The highest BCUT2D eigenvalue weighted by molar-refractivity contribution is 5.80. The van der Waals surface area contributed by atoms with Crippen molar-refractivity contribution in [2.75, 3.05) is 26.7 Å². The first-order valence-electron chi connectivity index (χ1n) is 7.46. The van der Waals surface area contributed by atoms with E-state index in [-0.39, 0.29) is 0 Å². The number of hydrogen-bond donors (Lipinski definition) is 1. The maximum Gasteiger partial charge on any atom is 0.193 e. The van der Waals surface area contributed by atoms with E-state index in [0.29, 0.717) is 12.2 Å². The standard InChI is InChI=1S/C14H23N3O/c1-15-14(16-6-9-2-3-9)17-7-10-11(8-17)13-5-4-12(10)18-13/h9-13H,2-8H2,1H3,(H,15,16). The Hall–Kier alpha value is -0.770. The third-order valence-electron chi connectivity index (χ3n) is 5.21. The molecule has 1 aliphatic carbocycles. The summed E-state index contributed by atoms with van der Waals surface area (Å²) in [5.74, 6) is 3.56. The Kier molecular flexibility index (Phi) is 2.54. The molecule has 2 bridgehead atoms. The van der Waals surface area contributed by atoms with Crippen molar-refractivity contribution in [3.8, 4) is 0 Å². The molecule has 4 unspecified atom stereocenters. The highest BCUT2D eigenvalue weighted by atomic mass is 16.5. The van der Waals surface area contributed by atoms with E-state index in [1.807, 2.05) is 7.05 Å². The first kappa shape index (κ1) is 11.1. The van der Waals surface area contributed by atoms with Gasteiger partial charge in [-0.25, -0.2) is 0 Å². The van der Waals surface area contributed by atoms with E-state index >= 15 is 0 Å². The maximum atomic E-state index is 6.02. The van der Waals surface area contributed by atoms with Gasteiger partial charge in [0.2, 0.25) is 0 Å². The normalized spacial score (nSPS) is 42.5. The highest BCUT2D eigenvalue weighted by Crippen LogP contribution is 2.47. The lowest BCUT2D eigenvalue weighted by atomic mass is 9.82. The Bertz CT molecular complexity index is 348. The second-order valence-corrected chi connectivity index (χ2v) is 6.39. The lowest BCUT2D eigenvalue weighted by Crippen LogP contribution is -2.42. The Labute approximate surface area is 109 Å². The van der Waals surface area contributed by atoms with Crippen LogP contribution in [0.4, 0.5) is 0 Å². The van der Waals surface area contributed by atoms with Crippen molar-refractivity contribution in [2.45, 2.75) is 37.9 Å². The molecule has 0 aromatic carbocycles. The third-order valence-corrected chi connectivity index (χ3v) is 5.21. The minimum absolute atomic E-state index is 0.548. The first-order valence-corrected chi connectivity index (χ1v) is 7.46. The Morgan fingerprint density at radius 2 is 1.83 bits per heavy atom. The van der Waals surface area contributed by atoms with Gasteiger partial charge in [0.05, 0.1) is 12.2 Å². The molecule has 4 fully saturated rings. The largest absolute Gasteiger partial charge is 0.374 e. The van der Waals surface area contributed by atoms with Crippen molar-refractivity contribution in [3.63, 3.8) is 0 Å². The summed E-state index contributed by atoms with van der Waals surface area (Å²) in [6, 6.07) is 0. The highest BCUT2D eigenvalue weighted by Gasteiger charge is 2.53. The van der Waals surface area contributed by atoms with Crippen molar-refractivity contribution in [3.05, 3.63) is 0 Å². The SMILES string of the molecule is CN=C(NCC1CC1)N1CC2C3CCC(O3)C2C1. The topological polar surface area (TPSA) is 36.9 Å². The van der Waals surface area contributed by atoms with Crippen LogP contribution in [0.2, 0.25) is 0 Å². The van der Waals surface area contributed by atoms with Crippen LogP contribution in [0.5, 0.6) is 0 Å². The molecule has 4 aliphatic rings. The van der Waals surface area contributed by atoms with E-state index in [1.54, 1.807) is 0 Å². The van der Waals surface area contributed by atoms with Crippen LogP contribution in [0.15, 0.2) is 4.99 Å². The minimum atomic E-state index is 0.548. The molecule has 1 N–H and O–H groups in total. The van der Waals surface area contributed by atoms with Gasteiger partial charge < -0.3 is 15.0 Å². The number of ether oxygens (including phenoxy) is 1. The van der Waals surface area contributed by atoms with E-state index in [1.165, 1.54) is 25.7 Å². The number of nitrogens with zero attached hydrogens (tertiary/aromatic N) is 2. The number of fused-ring (bicyclic) bond motifs is 5. The van der Waals surface area contributed by atoms with Crippen LogP contribution in [0.25, 0.3) is 0 Å². The smallest absolute Gasteiger partial charge is 0.193 e. The maximum absolute atomic E-state index is 6.02. The number of hydrogen-bond acceptors (Lipinski definition) is 2. The summed E-state index contributed by atoms with van der Waals surface area (Å²) in [6.45, 7) is 3.41. The number of nitrogens with one attached hydrogen (secondary N) is 1. The van der Waals surface area contributed by atoms with Crippen LogP contribution in [0.1, 0.15) is 25.7 Å². The molecule has 3 saturated heterocycles. The summed E-state index contributed by atoms with van der Waals surface area (Å²) in [5, 5.41) is 3.55. The van der Waals surface area contributed by atoms with E-state index in [2.05, 4.69) is 15.2 Å². The van der Waals surface area contributed by atoms with Gasteiger partial charge in [-0.1, -0.05) is 0 Å². The van der Waals surface area contributed by atoms with Crippen molar-refractivity contribution in [1.82, 2.24) is 10.2 Å². The van der Waals surface area contributed by atoms with Gasteiger partial charge in [-0.3, -0.25) is 4.99 Å². The van der Waals surface area contributed by atoms with Crippen LogP contribution in [-0.2, 0) is 4.74 Å². The molecule has 4 nitrogen and oxygen atoms in total. The summed E-state index contributed by atoms with van der Waals surface area (Å²) in [7, 11) is 1.91. The molecular formula is C14H23N3O. The van der Waals surface area contributed by atoms with Crippen LogP contribution in [0.3, 0.4) is 0 Å². The van der Waals surface area contributed by atoms with Crippen LogP contribution >= 0.6 is 0 Å². The predicted octanol–water partition coefficient (Wildman–Crippen LogP) is 1.08. The number of likely N-dealkylation sites (tertiary alicyclic amines) is 1. The fourth-order valence-electron chi connectivity index (χ4n) is 4.02. The zero-order valence-corrected chi connectivity index (χ0v) is 11.1. The molecule has 0 aromatic heterocycles. The van der Waals surface area contributed by atoms with Crippen LogP contribution < -0.4 is 5.32 Å². The van der Waals surface area contributed by atoms with Gasteiger partial charge in [0.1, 0.15) is 0 Å². The molecule has 0 amide bonds. The monoisotopic (exact) mass is 249 g/mol. The zero-order valence-electron chi connectivity index (χ0n) is 11.1. The van der Waals surface area contributed by atoms with Crippen LogP contribution in [0, 0.1) is 17.8 Å². The van der Waals surface area contributed by atoms with E-state index < -0.39 is 0 Å². The van der Waals surface area contributed by atoms with Gasteiger partial charge >= 0.3 is 0 Å². The molecule has 0 spiro atoms. The molecule has 4 heteroatoms. The molecule has 3 heterocycles. The summed E-state index contributed by atoms with van der Waals surface area (Å²) >= 11 is 0. The molecule has 1 saturated carbocycles. The van der Waals surface area contributed by atoms with E-state index in [9.17, 15) is 0 Å². The fraction of sp³-hybridized carbons (Fsp3) is 0.929. The summed E-state index contributed by atoms with van der Waals surface area (Å²) < 4.78 is 6.02. The molecule has 4 atom stereocenters. The van der Waals surface area contributed by atoms with Crippen molar-refractivity contribution in [1.29, 1.82) is 0 Å². The average molecular weight is 249 g/mol. The molecule has 0 aromatic rings. The van der Waals surface area contributed by atoms with Gasteiger partial charge in [0.25, 0.3) is 0 Å². The first-order chi connectivity index (χ1) is 8.85. The Morgan fingerprint density at radius 3 is 2.39 bits per heavy atom. The average Bonchev–Trinajstić information content (AvgIpc) is 2.82.